The van der Waals surface area contributed by atoms with Crippen LogP contribution in [-0.2, 0) is 11.3 Å². The first kappa shape index (κ1) is 12.4. The van der Waals surface area contributed by atoms with Gasteiger partial charge in [0.1, 0.15) is 6.29 Å². The van der Waals surface area contributed by atoms with Gasteiger partial charge in [-0.3, -0.25) is 0 Å². The van der Waals surface area contributed by atoms with Crippen molar-refractivity contribution in [2.75, 3.05) is 13.6 Å². The molecule has 0 N–H and O–H groups in total. The van der Waals surface area contributed by atoms with Gasteiger partial charge in [-0.2, -0.15) is 5.26 Å². The molecule has 1 aromatic rings. The van der Waals surface area contributed by atoms with E-state index in [1.165, 1.54) is 5.56 Å². The maximum Gasteiger partial charge on any atom is 0.120 e. The zero-order valence-corrected chi connectivity index (χ0v) is 9.52. The highest BCUT2D eigenvalue weighted by Gasteiger charge is 2.00. The number of benzene rings is 1. The second-order valence-corrected chi connectivity index (χ2v) is 3.86. The van der Waals surface area contributed by atoms with E-state index in [-0.39, 0.29) is 0 Å². The molecule has 0 unspecified atom stereocenters. The molecule has 3 heteroatoms. The Kier molecular flexibility index (Phi) is 5.24. The van der Waals surface area contributed by atoms with E-state index in [0.29, 0.717) is 12.0 Å². The van der Waals surface area contributed by atoms with Crippen molar-refractivity contribution < 1.29 is 4.79 Å². The smallest absolute Gasteiger partial charge is 0.120 e. The average molecular weight is 216 g/mol. The summed E-state index contributed by atoms with van der Waals surface area (Å²) in [7, 11) is 2.03. The van der Waals surface area contributed by atoms with E-state index >= 15 is 0 Å². The Hall–Kier alpha value is -1.66. The Labute approximate surface area is 96.3 Å². The zero-order valence-electron chi connectivity index (χ0n) is 9.52. The number of carbonyl (C=O) groups is 1. The van der Waals surface area contributed by atoms with Crippen molar-refractivity contribution in [2.24, 2.45) is 0 Å². The Morgan fingerprint density at radius 3 is 2.62 bits per heavy atom. The lowest BCUT2D eigenvalue weighted by molar-refractivity contribution is -0.108. The molecular formula is C13H16N2O. The number of nitriles is 1. The van der Waals surface area contributed by atoms with Gasteiger partial charge in [0, 0.05) is 13.0 Å². The molecule has 0 atom stereocenters. The third-order valence-corrected chi connectivity index (χ3v) is 2.40. The highest BCUT2D eigenvalue weighted by Crippen LogP contribution is 2.06. The van der Waals surface area contributed by atoms with Gasteiger partial charge in [0.15, 0.2) is 0 Å². The Bertz CT molecular complexity index is 365. The molecule has 3 nitrogen and oxygen atoms in total. The number of hydrogen-bond donors (Lipinski definition) is 0. The Balaban J connectivity index is 2.40. The zero-order chi connectivity index (χ0) is 11.8. The first-order valence-electron chi connectivity index (χ1n) is 5.37. The lowest BCUT2D eigenvalue weighted by Crippen LogP contribution is -2.19. The van der Waals surface area contributed by atoms with Gasteiger partial charge >= 0.3 is 0 Å². The summed E-state index contributed by atoms with van der Waals surface area (Å²) in [4.78, 5) is 12.3. The number of nitrogens with zero attached hydrogens (tertiary/aromatic N) is 2. The maximum absolute atomic E-state index is 10.2. The van der Waals surface area contributed by atoms with Crippen molar-refractivity contribution in [3.8, 4) is 6.07 Å². The summed E-state index contributed by atoms with van der Waals surface area (Å²) in [6.45, 7) is 1.77. The van der Waals surface area contributed by atoms with Gasteiger partial charge < -0.3 is 9.69 Å². The second kappa shape index (κ2) is 6.76. The molecule has 0 fully saturated rings. The quantitative estimate of drug-likeness (QED) is 0.539. The molecule has 0 aliphatic heterocycles. The van der Waals surface area contributed by atoms with Gasteiger partial charge in [-0.1, -0.05) is 12.1 Å². The van der Waals surface area contributed by atoms with Crippen molar-refractivity contribution in [3.05, 3.63) is 35.4 Å². The van der Waals surface area contributed by atoms with Crippen LogP contribution in [0.4, 0.5) is 0 Å². The predicted octanol–water partition coefficient (Wildman–Crippen LogP) is 1.97. The maximum atomic E-state index is 10.2. The van der Waals surface area contributed by atoms with E-state index in [9.17, 15) is 4.79 Å². The molecule has 0 saturated heterocycles. The van der Waals surface area contributed by atoms with Crippen molar-refractivity contribution in [2.45, 2.75) is 19.4 Å². The molecule has 0 amide bonds. The molecule has 84 valence electrons. The van der Waals surface area contributed by atoms with Crippen LogP contribution in [0.3, 0.4) is 0 Å². The van der Waals surface area contributed by atoms with E-state index < -0.39 is 0 Å². The monoisotopic (exact) mass is 216 g/mol. The van der Waals surface area contributed by atoms with Crippen LogP contribution in [0.1, 0.15) is 24.0 Å². The van der Waals surface area contributed by atoms with Crippen molar-refractivity contribution in [3.63, 3.8) is 0 Å². The van der Waals surface area contributed by atoms with Crippen LogP contribution in [0.15, 0.2) is 24.3 Å². The van der Waals surface area contributed by atoms with Crippen molar-refractivity contribution >= 4 is 6.29 Å². The second-order valence-electron chi connectivity index (χ2n) is 3.86. The van der Waals surface area contributed by atoms with Crippen LogP contribution >= 0.6 is 0 Å². The summed E-state index contributed by atoms with van der Waals surface area (Å²) in [6.07, 6.45) is 2.48. The van der Waals surface area contributed by atoms with Crippen LogP contribution in [0.5, 0.6) is 0 Å². The molecular weight excluding hydrogens is 200 g/mol. The lowest BCUT2D eigenvalue weighted by Gasteiger charge is -2.15. The molecule has 16 heavy (non-hydrogen) atoms. The van der Waals surface area contributed by atoms with Crippen molar-refractivity contribution in [1.82, 2.24) is 4.90 Å². The average Bonchev–Trinajstić information content (AvgIpc) is 2.30. The van der Waals surface area contributed by atoms with Crippen LogP contribution < -0.4 is 0 Å². The number of hydrogen-bond acceptors (Lipinski definition) is 3. The predicted molar refractivity (Wildman–Crippen MR) is 62.8 cm³/mol. The lowest BCUT2D eigenvalue weighted by atomic mass is 10.1. The normalized spacial score (nSPS) is 10.1. The van der Waals surface area contributed by atoms with Gasteiger partial charge in [0.2, 0.25) is 0 Å². The Morgan fingerprint density at radius 2 is 2.06 bits per heavy atom. The summed E-state index contributed by atoms with van der Waals surface area (Å²) in [5.74, 6) is 0. The van der Waals surface area contributed by atoms with Crippen LogP contribution in [0.25, 0.3) is 0 Å². The summed E-state index contributed by atoms with van der Waals surface area (Å²) < 4.78 is 0. The largest absolute Gasteiger partial charge is 0.303 e. The van der Waals surface area contributed by atoms with Gasteiger partial charge in [-0.15, -0.1) is 0 Å². The fourth-order valence-electron chi connectivity index (χ4n) is 1.52. The summed E-state index contributed by atoms with van der Waals surface area (Å²) >= 11 is 0. The minimum atomic E-state index is 0.623. The Morgan fingerprint density at radius 1 is 1.38 bits per heavy atom. The molecule has 0 aromatic heterocycles. The third kappa shape index (κ3) is 4.24. The molecule has 0 bridgehead atoms. The van der Waals surface area contributed by atoms with E-state index in [4.69, 9.17) is 5.26 Å². The van der Waals surface area contributed by atoms with Gasteiger partial charge in [-0.05, 0) is 37.7 Å². The highest BCUT2D eigenvalue weighted by molar-refractivity contribution is 5.49. The molecule has 0 heterocycles. The topological polar surface area (TPSA) is 44.1 Å². The fraction of sp³-hybridized carbons (Fsp3) is 0.385. The van der Waals surface area contributed by atoms with E-state index in [1.807, 2.05) is 31.3 Å². The molecule has 0 spiro atoms. The summed E-state index contributed by atoms with van der Waals surface area (Å²) in [5.41, 5.74) is 1.87. The number of rotatable bonds is 6. The molecule has 1 aromatic carbocycles. The van der Waals surface area contributed by atoms with E-state index in [1.54, 1.807) is 0 Å². The fourth-order valence-corrected chi connectivity index (χ4v) is 1.52. The summed E-state index contributed by atoms with van der Waals surface area (Å²) in [6, 6.07) is 9.69. The SMILES string of the molecule is CN(CCCC=O)Cc1ccc(C#N)cc1. The van der Waals surface area contributed by atoms with E-state index in [0.717, 1.165) is 25.8 Å². The molecule has 1 rings (SSSR count). The number of carbonyl (C=O) groups excluding carboxylic acids is 1. The molecule has 0 aliphatic rings. The first-order valence-corrected chi connectivity index (χ1v) is 5.37. The standard InChI is InChI=1S/C13H16N2O/c1-15(8-2-3-9-16)11-13-6-4-12(10-14)5-7-13/h4-7,9H,2-3,8,11H2,1H3. The molecule has 0 saturated carbocycles. The minimum Gasteiger partial charge on any atom is -0.303 e. The van der Waals surface area contributed by atoms with Crippen molar-refractivity contribution in [1.29, 1.82) is 5.26 Å². The van der Waals surface area contributed by atoms with Crippen LogP contribution in [-0.4, -0.2) is 24.8 Å². The molecule has 0 radical (unpaired) electrons. The van der Waals surface area contributed by atoms with E-state index in [2.05, 4.69) is 11.0 Å². The highest BCUT2D eigenvalue weighted by atomic mass is 16.1. The number of aldehydes is 1. The summed E-state index contributed by atoms with van der Waals surface area (Å²) in [5, 5.41) is 8.66. The number of unbranched alkanes of at least 4 members (excludes halogenated alkanes) is 1. The van der Waals surface area contributed by atoms with Gasteiger partial charge in [0.05, 0.1) is 11.6 Å². The van der Waals surface area contributed by atoms with Crippen LogP contribution in [0, 0.1) is 11.3 Å². The molecule has 0 aliphatic carbocycles. The minimum absolute atomic E-state index is 0.623. The van der Waals surface area contributed by atoms with Crippen LogP contribution in [0.2, 0.25) is 0 Å². The van der Waals surface area contributed by atoms with Gasteiger partial charge in [0.25, 0.3) is 0 Å². The van der Waals surface area contributed by atoms with Gasteiger partial charge in [-0.25, -0.2) is 0 Å². The first-order chi connectivity index (χ1) is 7.76. The third-order valence-electron chi connectivity index (χ3n) is 2.40.